The summed E-state index contributed by atoms with van der Waals surface area (Å²) in [5, 5.41) is 43.5. The van der Waals surface area contributed by atoms with E-state index in [1.165, 1.54) is 0 Å². The topological polar surface area (TPSA) is 115 Å². The van der Waals surface area contributed by atoms with Crippen molar-refractivity contribution >= 4 is 11.9 Å². The third-order valence-corrected chi connectivity index (χ3v) is 13.5. The smallest absolute Gasteiger partial charge is 0.309 e. The number of carboxylic acid groups (broad SMARTS) is 2. The molecule has 0 saturated heterocycles. The maximum atomic E-state index is 12.8. The number of hydrogen-bond acceptors (Lipinski definition) is 4. The number of carboxylic acids is 2. The monoisotopic (exact) mass is 502 g/mol. The maximum absolute atomic E-state index is 12.8. The molecule has 4 N–H and O–H groups in total. The van der Waals surface area contributed by atoms with Crippen LogP contribution in [0.4, 0.5) is 0 Å². The molecule has 4 unspecified atom stereocenters. The highest BCUT2D eigenvalue weighted by Gasteiger charge is 2.76. The first-order chi connectivity index (χ1) is 16.7. The lowest BCUT2D eigenvalue weighted by atomic mass is 9.33. The summed E-state index contributed by atoms with van der Waals surface area (Å²) in [4.78, 5) is 25.5. The maximum Gasteiger partial charge on any atom is 0.309 e. The summed E-state index contributed by atoms with van der Waals surface area (Å²) in [5.41, 5.74) is -1.56. The summed E-state index contributed by atoms with van der Waals surface area (Å²) in [7, 11) is 0. The van der Waals surface area contributed by atoms with Crippen molar-refractivity contribution in [2.24, 2.45) is 62.6 Å². The lowest BCUT2D eigenvalue weighted by molar-refractivity contribution is -0.245. The van der Waals surface area contributed by atoms with Crippen LogP contribution in [-0.2, 0) is 9.59 Å². The van der Waals surface area contributed by atoms with Crippen LogP contribution in [0.3, 0.4) is 0 Å². The Kier molecular flexibility index (Phi) is 5.69. The predicted octanol–water partition coefficient (Wildman–Crippen LogP) is 4.98. The van der Waals surface area contributed by atoms with E-state index in [0.29, 0.717) is 19.3 Å². The van der Waals surface area contributed by atoms with Gasteiger partial charge in [0, 0.05) is 12.0 Å². The number of hydrogen-bond donors (Lipinski definition) is 4. The van der Waals surface area contributed by atoms with Gasteiger partial charge in [0.15, 0.2) is 0 Å². The number of aliphatic hydroxyl groups is 2. The van der Waals surface area contributed by atoms with Crippen molar-refractivity contribution in [2.75, 3.05) is 6.61 Å². The van der Waals surface area contributed by atoms with E-state index in [4.69, 9.17) is 0 Å². The fraction of sp³-hybridized carbons (Fsp3) is 0.867. The molecule has 5 aliphatic carbocycles. The molecule has 5 aliphatic rings. The van der Waals surface area contributed by atoms with E-state index < -0.39 is 45.6 Å². The van der Waals surface area contributed by atoms with E-state index in [9.17, 15) is 30.0 Å². The van der Waals surface area contributed by atoms with Gasteiger partial charge in [-0.2, -0.15) is 0 Å². The van der Waals surface area contributed by atoms with Crippen LogP contribution in [0.2, 0.25) is 0 Å². The second-order valence-corrected chi connectivity index (χ2v) is 14.5. The average Bonchev–Trinajstić information content (AvgIpc) is 3.26. The molecule has 0 amide bonds. The van der Waals surface area contributed by atoms with Crippen LogP contribution in [0.1, 0.15) is 86.0 Å². The average molecular weight is 503 g/mol. The molecule has 6 heteroatoms. The van der Waals surface area contributed by atoms with Gasteiger partial charge in [0.25, 0.3) is 0 Å². The molecule has 5 rings (SSSR count). The van der Waals surface area contributed by atoms with Crippen LogP contribution in [0.5, 0.6) is 0 Å². The zero-order chi connectivity index (χ0) is 26.6. The first-order valence-corrected chi connectivity index (χ1v) is 14.1. The van der Waals surface area contributed by atoms with Gasteiger partial charge in [-0.25, -0.2) is 0 Å². The van der Waals surface area contributed by atoms with Crippen LogP contribution in [0.15, 0.2) is 12.2 Å². The minimum absolute atomic E-state index is 0.00417. The molecule has 5 saturated carbocycles. The summed E-state index contributed by atoms with van der Waals surface area (Å²) in [6.07, 6.45) is 5.14. The largest absolute Gasteiger partial charge is 0.481 e. The number of aliphatic hydroxyl groups excluding tert-OH is 2. The van der Waals surface area contributed by atoms with Gasteiger partial charge in [0.05, 0.1) is 17.4 Å². The predicted molar refractivity (Wildman–Crippen MR) is 136 cm³/mol. The van der Waals surface area contributed by atoms with E-state index in [0.717, 1.165) is 37.7 Å². The Morgan fingerprint density at radius 2 is 1.58 bits per heavy atom. The van der Waals surface area contributed by atoms with Crippen molar-refractivity contribution in [3.8, 4) is 0 Å². The van der Waals surface area contributed by atoms with E-state index >= 15 is 0 Å². The van der Waals surface area contributed by atoms with Gasteiger partial charge in [0.2, 0.25) is 0 Å². The van der Waals surface area contributed by atoms with Gasteiger partial charge in [-0.1, -0.05) is 39.8 Å². The van der Waals surface area contributed by atoms with Gasteiger partial charge in [-0.3, -0.25) is 9.59 Å². The number of aliphatic carboxylic acids is 2. The van der Waals surface area contributed by atoms with Crippen LogP contribution in [0.25, 0.3) is 0 Å². The van der Waals surface area contributed by atoms with Crippen LogP contribution < -0.4 is 0 Å². The molecule has 0 bridgehead atoms. The van der Waals surface area contributed by atoms with Gasteiger partial charge >= 0.3 is 11.9 Å². The first-order valence-electron chi connectivity index (χ1n) is 14.1. The zero-order valence-electron chi connectivity index (χ0n) is 22.7. The molecule has 0 aromatic carbocycles. The molecule has 0 spiro atoms. The van der Waals surface area contributed by atoms with E-state index in [-0.39, 0.29) is 41.6 Å². The summed E-state index contributed by atoms with van der Waals surface area (Å²) in [6.45, 7) is 14.7. The summed E-state index contributed by atoms with van der Waals surface area (Å²) in [5.74, 6) is -2.16. The van der Waals surface area contributed by atoms with Crippen molar-refractivity contribution in [3.63, 3.8) is 0 Å². The van der Waals surface area contributed by atoms with E-state index in [1.807, 2.05) is 20.8 Å². The van der Waals surface area contributed by atoms with Crippen LogP contribution >= 0.6 is 0 Å². The molecule has 11 atom stereocenters. The van der Waals surface area contributed by atoms with Crippen molar-refractivity contribution in [1.82, 2.24) is 0 Å². The van der Waals surface area contributed by atoms with Crippen molar-refractivity contribution in [3.05, 3.63) is 12.2 Å². The molecule has 0 aromatic rings. The minimum Gasteiger partial charge on any atom is -0.481 e. The van der Waals surface area contributed by atoms with Crippen LogP contribution in [-0.4, -0.2) is 45.1 Å². The molecule has 0 radical (unpaired) electrons. The summed E-state index contributed by atoms with van der Waals surface area (Å²) in [6, 6.07) is 0. The van der Waals surface area contributed by atoms with Gasteiger partial charge in [-0.05, 0) is 104 Å². The fourth-order valence-electron chi connectivity index (χ4n) is 11.9. The Balaban J connectivity index is 1.65. The first kappa shape index (κ1) is 26.2. The van der Waals surface area contributed by atoms with Gasteiger partial charge in [0.1, 0.15) is 0 Å². The highest BCUT2D eigenvalue weighted by molar-refractivity contribution is 5.76. The number of allylic oxidation sites excluding steroid dienone is 1. The Morgan fingerprint density at radius 3 is 2.14 bits per heavy atom. The second kappa shape index (κ2) is 7.81. The van der Waals surface area contributed by atoms with Crippen LogP contribution in [0, 0.1) is 62.6 Å². The molecule has 5 fully saturated rings. The van der Waals surface area contributed by atoms with Gasteiger partial charge < -0.3 is 20.4 Å². The highest BCUT2D eigenvalue weighted by Crippen LogP contribution is 2.79. The number of rotatable bonds is 4. The summed E-state index contributed by atoms with van der Waals surface area (Å²) >= 11 is 0. The lowest BCUT2D eigenvalue weighted by Gasteiger charge is -2.70. The minimum atomic E-state index is -0.920. The number of carbonyl (C=O) groups is 2. The molecular weight excluding hydrogens is 456 g/mol. The Bertz CT molecular complexity index is 988. The van der Waals surface area contributed by atoms with E-state index in [2.05, 4.69) is 20.4 Å². The lowest BCUT2D eigenvalue weighted by Crippen LogP contribution is -2.67. The third kappa shape index (κ3) is 2.76. The zero-order valence-corrected chi connectivity index (χ0v) is 22.7. The standard InChI is InChI=1S/C30H46O6/c1-16(2)17-9-12-29(25(35)36)13-14-30(15-31)18(21(17)29)7-8-20-27(30,5)11-10-19-26(3,4)23(32)22(24(33)34)28(19,20)6/h17-23,31-32H,1,7-15H2,2-6H3,(H,33,34)(H,35,36)/t17-,18?,19?,20?,21?,22+,23-,27+,28-,29-,30-/m0/s1. The highest BCUT2D eigenvalue weighted by atomic mass is 16.4. The molecule has 0 aliphatic heterocycles. The quantitative estimate of drug-likeness (QED) is 0.403. The molecule has 36 heavy (non-hydrogen) atoms. The fourth-order valence-corrected chi connectivity index (χ4v) is 11.9. The molecule has 0 heterocycles. The van der Waals surface area contributed by atoms with Crippen molar-refractivity contribution in [1.29, 1.82) is 0 Å². The molecule has 202 valence electrons. The Hall–Kier alpha value is -1.40. The van der Waals surface area contributed by atoms with Crippen molar-refractivity contribution < 1.29 is 30.0 Å². The van der Waals surface area contributed by atoms with Gasteiger partial charge in [-0.15, -0.1) is 0 Å². The Morgan fingerprint density at radius 1 is 0.917 bits per heavy atom. The summed E-state index contributed by atoms with van der Waals surface area (Å²) < 4.78 is 0. The normalized spacial score (nSPS) is 53.0. The number of fused-ring (bicyclic) bond motifs is 7. The van der Waals surface area contributed by atoms with E-state index in [1.54, 1.807) is 0 Å². The third-order valence-electron chi connectivity index (χ3n) is 13.5. The van der Waals surface area contributed by atoms with Crippen molar-refractivity contribution in [2.45, 2.75) is 92.1 Å². The molecule has 6 nitrogen and oxygen atoms in total. The second-order valence-electron chi connectivity index (χ2n) is 14.5. The Labute approximate surface area is 215 Å². The SMILES string of the molecule is C=C(C)[C@@H]1CC[C@]2(C(=O)O)CC[C@]3(CO)C(CCC4[C@]5(C)C(CC[C@]43C)C(C)(C)[C@@H](O)[C@@H]5C(=O)O)C12. The molecular formula is C30H46O6. The molecule has 0 aromatic heterocycles.